The van der Waals surface area contributed by atoms with E-state index in [0.717, 1.165) is 0 Å². The molecule has 0 radical (unpaired) electrons. The maximum absolute atomic E-state index is 12.4. The summed E-state index contributed by atoms with van der Waals surface area (Å²) in [5.74, 6) is -1.26. The van der Waals surface area contributed by atoms with Gasteiger partial charge in [-0.05, 0) is 46.8 Å². The predicted octanol–water partition coefficient (Wildman–Crippen LogP) is 0.664. The molecule has 1 aliphatic heterocycles. The predicted molar refractivity (Wildman–Crippen MR) is 94.1 cm³/mol. The highest BCUT2D eigenvalue weighted by molar-refractivity contribution is 7.90. The van der Waals surface area contributed by atoms with Gasteiger partial charge in [0.05, 0.1) is 23.4 Å². The van der Waals surface area contributed by atoms with Crippen LogP contribution in [0.25, 0.3) is 5.69 Å². The first-order valence-corrected chi connectivity index (χ1v) is 9.59. The van der Waals surface area contributed by atoms with E-state index in [4.69, 9.17) is 4.74 Å². The standard InChI is InChI=1S/C17H13N5O5S/c23-16-14-3-1-2-4-15(14)28(25,26)22(16)9-10-27-17(24)12-5-7-13(8-6-12)21-11-18-19-20-21/h1-8,11H,9-10H2. The molecule has 1 amide bonds. The number of carbonyl (C=O) groups excluding carboxylic acids is 2. The highest BCUT2D eigenvalue weighted by atomic mass is 32.2. The number of nitrogens with zero attached hydrogens (tertiary/aromatic N) is 5. The van der Waals surface area contributed by atoms with Crippen LogP contribution < -0.4 is 0 Å². The number of aromatic nitrogens is 4. The zero-order valence-electron chi connectivity index (χ0n) is 14.3. The minimum absolute atomic E-state index is 0.0375. The van der Waals surface area contributed by atoms with Crippen molar-refractivity contribution >= 4 is 21.9 Å². The molecule has 11 heteroatoms. The lowest BCUT2D eigenvalue weighted by Crippen LogP contribution is -2.33. The Morgan fingerprint density at radius 3 is 2.50 bits per heavy atom. The fraction of sp³-hybridized carbons (Fsp3) is 0.118. The Hall–Kier alpha value is -3.60. The third-order valence-electron chi connectivity index (χ3n) is 4.16. The molecule has 0 bridgehead atoms. The van der Waals surface area contributed by atoms with Crippen molar-refractivity contribution in [2.75, 3.05) is 13.2 Å². The van der Waals surface area contributed by atoms with E-state index in [2.05, 4.69) is 15.5 Å². The molecule has 2 aromatic carbocycles. The molecule has 3 aromatic rings. The molecule has 142 valence electrons. The number of amides is 1. The van der Waals surface area contributed by atoms with Crippen LogP contribution in [0.5, 0.6) is 0 Å². The number of hydrogen-bond acceptors (Lipinski definition) is 8. The molecule has 0 saturated carbocycles. The second-order valence-corrected chi connectivity index (χ2v) is 7.65. The molecule has 28 heavy (non-hydrogen) atoms. The molecule has 0 spiro atoms. The van der Waals surface area contributed by atoms with Gasteiger partial charge >= 0.3 is 5.97 Å². The summed E-state index contributed by atoms with van der Waals surface area (Å²) in [6.45, 7) is -0.517. The average Bonchev–Trinajstić information content (AvgIpc) is 3.30. The number of ether oxygens (including phenoxy) is 1. The summed E-state index contributed by atoms with van der Waals surface area (Å²) in [6.07, 6.45) is 1.42. The van der Waals surface area contributed by atoms with Crippen molar-refractivity contribution in [3.05, 3.63) is 66.0 Å². The average molecular weight is 399 g/mol. The van der Waals surface area contributed by atoms with Crippen molar-refractivity contribution in [2.45, 2.75) is 4.90 Å². The van der Waals surface area contributed by atoms with E-state index in [1.54, 1.807) is 24.3 Å². The van der Waals surface area contributed by atoms with Crippen LogP contribution in [0.15, 0.2) is 59.8 Å². The van der Waals surface area contributed by atoms with Gasteiger partial charge in [-0.1, -0.05) is 12.1 Å². The number of sulfonamides is 1. The Morgan fingerprint density at radius 2 is 1.82 bits per heavy atom. The van der Waals surface area contributed by atoms with E-state index in [9.17, 15) is 18.0 Å². The van der Waals surface area contributed by atoms with Gasteiger partial charge < -0.3 is 4.74 Å². The zero-order chi connectivity index (χ0) is 19.7. The summed E-state index contributed by atoms with van der Waals surface area (Å²) < 4.78 is 32.1. The monoisotopic (exact) mass is 399 g/mol. The van der Waals surface area contributed by atoms with Crippen molar-refractivity contribution in [3.8, 4) is 5.69 Å². The quantitative estimate of drug-likeness (QED) is 0.573. The minimum atomic E-state index is -3.92. The van der Waals surface area contributed by atoms with E-state index >= 15 is 0 Å². The molecule has 0 fully saturated rings. The number of carbonyl (C=O) groups is 2. The highest BCUT2D eigenvalue weighted by Gasteiger charge is 2.40. The molecule has 0 aliphatic carbocycles. The lowest BCUT2D eigenvalue weighted by Gasteiger charge is -2.15. The number of fused-ring (bicyclic) bond motifs is 1. The maximum atomic E-state index is 12.4. The summed E-state index contributed by atoms with van der Waals surface area (Å²) in [5, 5.41) is 10.8. The van der Waals surface area contributed by atoms with Crippen LogP contribution in [0, 0.1) is 0 Å². The van der Waals surface area contributed by atoms with Crippen LogP contribution in [-0.4, -0.2) is 58.0 Å². The number of benzene rings is 2. The molecular formula is C17H13N5O5S. The van der Waals surface area contributed by atoms with Gasteiger partial charge in [0.1, 0.15) is 17.8 Å². The van der Waals surface area contributed by atoms with E-state index in [1.807, 2.05) is 0 Å². The first-order valence-electron chi connectivity index (χ1n) is 8.15. The number of tetrazole rings is 1. The van der Waals surface area contributed by atoms with Gasteiger partial charge in [-0.15, -0.1) is 5.10 Å². The van der Waals surface area contributed by atoms with Crippen LogP contribution in [0.3, 0.4) is 0 Å². The maximum Gasteiger partial charge on any atom is 0.338 e. The second kappa shape index (κ2) is 6.85. The van der Waals surface area contributed by atoms with E-state index < -0.39 is 21.9 Å². The number of esters is 1. The second-order valence-electron chi connectivity index (χ2n) is 5.82. The first kappa shape index (κ1) is 17.8. The Labute approximate surface area is 159 Å². The summed E-state index contributed by atoms with van der Waals surface area (Å²) in [4.78, 5) is 24.4. The molecular weight excluding hydrogens is 386 g/mol. The molecule has 1 aromatic heterocycles. The van der Waals surface area contributed by atoms with Gasteiger partial charge in [0.25, 0.3) is 15.9 Å². The molecule has 10 nitrogen and oxygen atoms in total. The Morgan fingerprint density at radius 1 is 1.07 bits per heavy atom. The summed E-state index contributed by atoms with van der Waals surface area (Å²) in [6, 6.07) is 12.3. The Kier molecular flexibility index (Phi) is 4.35. The number of hydrogen-bond donors (Lipinski definition) is 0. The molecule has 0 N–H and O–H groups in total. The van der Waals surface area contributed by atoms with Gasteiger partial charge in [-0.25, -0.2) is 22.2 Å². The van der Waals surface area contributed by atoms with Crippen LogP contribution in [0.4, 0.5) is 0 Å². The van der Waals surface area contributed by atoms with Crippen LogP contribution in [0.1, 0.15) is 20.7 Å². The first-order chi connectivity index (χ1) is 13.5. The Balaban J connectivity index is 1.39. The van der Waals surface area contributed by atoms with E-state index in [0.29, 0.717) is 9.99 Å². The van der Waals surface area contributed by atoms with Gasteiger partial charge in [-0.3, -0.25) is 4.79 Å². The van der Waals surface area contributed by atoms with Crippen molar-refractivity contribution < 1.29 is 22.7 Å². The minimum Gasteiger partial charge on any atom is -0.460 e. The normalized spacial score (nSPS) is 14.7. The third-order valence-corrected chi connectivity index (χ3v) is 6.00. The molecule has 2 heterocycles. The van der Waals surface area contributed by atoms with Gasteiger partial charge in [0.2, 0.25) is 0 Å². The molecule has 0 saturated heterocycles. The van der Waals surface area contributed by atoms with Crippen LogP contribution in [-0.2, 0) is 14.8 Å². The molecule has 4 rings (SSSR count). The lowest BCUT2D eigenvalue weighted by molar-refractivity contribution is 0.0478. The molecule has 1 aliphatic rings. The topological polar surface area (TPSA) is 124 Å². The van der Waals surface area contributed by atoms with Gasteiger partial charge in [-0.2, -0.15) is 0 Å². The highest BCUT2D eigenvalue weighted by Crippen LogP contribution is 2.29. The van der Waals surface area contributed by atoms with E-state index in [1.165, 1.54) is 35.3 Å². The summed E-state index contributed by atoms with van der Waals surface area (Å²) in [5.41, 5.74) is 1.05. The smallest absolute Gasteiger partial charge is 0.338 e. The summed E-state index contributed by atoms with van der Waals surface area (Å²) in [7, 11) is -3.92. The largest absolute Gasteiger partial charge is 0.460 e. The molecule has 0 atom stereocenters. The van der Waals surface area contributed by atoms with Crippen LogP contribution in [0.2, 0.25) is 0 Å². The van der Waals surface area contributed by atoms with Crippen molar-refractivity contribution in [2.24, 2.45) is 0 Å². The fourth-order valence-electron chi connectivity index (χ4n) is 2.79. The van der Waals surface area contributed by atoms with E-state index in [-0.39, 0.29) is 29.2 Å². The third kappa shape index (κ3) is 3.01. The van der Waals surface area contributed by atoms with Gasteiger partial charge in [0, 0.05) is 0 Å². The fourth-order valence-corrected chi connectivity index (χ4v) is 4.34. The lowest BCUT2D eigenvalue weighted by atomic mass is 10.2. The van der Waals surface area contributed by atoms with Crippen LogP contribution >= 0.6 is 0 Å². The van der Waals surface area contributed by atoms with Gasteiger partial charge in [0.15, 0.2) is 0 Å². The van der Waals surface area contributed by atoms with Crippen molar-refractivity contribution in [1.29, 1.82) is 0 Å². The zero-order valence-corrected chi connectivity index (χ0v) is 15.1. The SMILES string of the molecule is O=C(OCCN1C(=O)c2ccccc2S1(=O)=O)c1ccc(-n2cnnn2)cc1. The Bertz CT molecular complexity index is 1140. The van der Waals surface area contributed by atoms with Crippen molar-refractivity contribution in [1.82, 2.24) is 24.5 Å². The summed E-state index contributed by atoms with van der Waals surface area (Å²) >= 11 is 0. The number of rotatable bonds is 5. The van der Waals surface area contributed by atoms with Crippen molar-refractivity contribution in [3.63, 3.8) is 0 Å². The molecule has 0 unspecified atom stereocenters.